The summed E-state index contributed by atoms with van der Waals surface area (Å²) in [5.41, 5.74) is 6.01. The van der Waals surface area contributed by atoms with E-state index >= 15 is 0 Å². The molecule has 0 aliphatic heterocycles. The second-order valence-corrected chi connectivity index (χ2v) is 9.16. The summed E-state index contributed by atoms with van der Waals surface area (Å²) in [5, 5.41) is 7.55. The maximum atomic E-state index is 13.1. The molecule has 2 aliphatic carbocycles. The summed E-state index contributed by atoms with van der Waals surface area (Å²) in [7, 11) is 0. The lowest BCUT2D eigenvalue weighted by Gasteiger charge is -2.19. The standard InChI is InChI=1S/C27H26N6O2/c1-17(35-21-6-4-12-28-15-21)13-29-26(34)23-16-31-33(25(23)19-9-10-19)27-30-14-20-11-8-18-5-2-3-7-22(18)24(20)32-27/h2-7,12,14-17,19H,8-11,13H2,1H3,(H,29,34). The fourth-order valence-corrected chi connectivity index (χ4v) is 4.62. The van der Waals surface area contributed by atoms with Gasteiger partial charge in [-0.05, 0) is 55.9 Å². The van der Waals surface area contributed by atoms with Crippen molar-refractivity contribution in [1.29, 1.82) is 0 Å². The van der Waals surface area contributed by atoms with Crippen molar-refractivity contribution in [3.05, 3.63) is 83.6 Å². The van der Waals surface area contributed by atoms with E-state index < -0.39 is 0 Å². The number of aryl methyl sites for hydroxylation is 2. The van der Waals surface area contributed by atoms with Gasteiger partial charge >= 0.3 is 0 Å². The predicted octanol–water partition coefficient (Wildman–Crippen LogP) is 3.90. The molecule has 3 aromatic heterocycles. The van der Waals surface area contributed by atoms with Gasteiger partial charge in [0.15, 0.2) is 0 Å². The van der Waals surface area contributed by atoms with Gasteiger partial charge in [-0.15, -0.1) is 0 Å². The number of carbonyl (C=O) groups is 1. The van der Waals surface area contributed by atoms with Gasteiger partial charge in [0.25, 0.3) is 11.9 Å². The fourth-order valence-electron chi connectivity index (χ4n) is 4.62. The van der Waals surface area contributed by atoms with Crippen LogP contribution in [0.1, 0.15) is 52.9 Å². The molecule has 6 rings (SSSR count). The highest BCUT2D eigenvalue weighted by atomic mass is 16.5. The van der Waals surface area contributed by atoms with Crippen LogP contribution in [0.4, 0.5) is 0 Å². The van der Waals surface area contributed by atoms with Crippen LogP contribution in [0.3, 0.4) is 0 Å². The molecule has 4 aromatic rings. The van der Waals surface area contributed by atoms with E-state index in [1.165, 1.54) is 5.56 Å². The number of pyridine rings is 1. The first kappa shape index (κ1) is 21.5. The van der Waals surface area contributed by atoms with Crippen LogP contribution in [-0.4, -0.2) is 43.3 Å². The molecular weight excluding hydrogens is 440 g/mol. The Bertz CT molecular complexity index is 1380. The van der Waals surface area contributed by atoms with E-state index in [9.17, 15) is 4.79 Å². The summed E-state index contributed by atoms with van der Waals surface area (Å²) in [4.78, 5) is 26.7. The average molecular weight is 467 g/mol. The Balaban J connectivity index is 1.25. The third-order valence-corrected chi connectivity index (χ3v) is 6.51. The van der Waals surface area contributed by atoms with Gasteiger partial charge in [0.1, 0.15) is 11.9 Å². The van der Waals surface area contributed by atoms with E-state index in [2.05, 4.69) is 38.6 Å². The van der Waals surface area contributed by atoms with Gasteiger partial charge in [-0.2, -0.15) is 5.10 Å². The minimum Gasteiger partial charge on any atom is -0.487 e. The third kappa shape index (κ3) is 4.27. The van der Waals surface area contributed by atoms with Crippen LogP contribution in [0.2, 0.25) is 0 Å². The van der Waals surface area contributed by atoms with Gasteiger partial charge < -0.3 is 10.1 Å². The van der Waals surface area contributed by atoms with Crippen molar-refractivity contribution >= 4 is 5.91 Å². The molecule has 176 valence electrons. The molecule has 8 heteroatoms. The number of nitrogens with one attached hydrogen (secondary N) is 1. The maximum Gasteiger partial charge on any atom is 0.254 e. The third-order valence-electron chi connectivity index (χ3n) is 6.51. The highest BCUT2D eigenvalue weighted by Crippen LogP contribution is 2.42. The first-order valence-corrected chi connectivity index (χ1v) is 12.0. The fraction of sp³-hybridized carbons (Fsp3) is 0.296. The predicted molar refractivity (Wildman–Crippen MR) is 131 cm³/mol. The monoisotopic (exact) mass is 466 g/mol. The molecule has 0 bridgehead atoms. The number of aromatic nitrogens is 5. The summed E-state index contributed by atoms with van der Waals surface area (Å²) in [6.07, 6.45) is 10.7. The van der Waals surface area contributed by atoms with E-state index in [4.69, 9.17) is 9.72 Å². The number of hydrogen-bond acceptors (Lipinski definition) is 6. The Kier molecular flexibility index (Phi) is 5.48. The highest BCUT2D eigenvalue weighted by molar-refractivity contribution is 5.95. The number of rotatable bonds is 7. The zero-order chi connectivity index (χ0) is 23.8. The van der Waals surface area contributed by atoms with Crippen LogP contribution < -0.4 is 10.1 Å². The minimum atomic E-state index is -0.202. The number of nitrogens with zero attached hydrogens (tertiary/aromatic N) is 5. The smallest absolute Gasteiger partial charge is 0.254 e. The quantitative estimate of drug-likeness (QED) is 0.444. The van der Waals surface area contributed by atoms with Crippen LogP contribution in [-0.2, 0) is 12.8 Å². The zero-order valence-corrected chi connectivity index (χ0v) is 19.5. The molecule has 35 heavy (non-hydrogen) atoms. The van der Waals surface area contributed by atoms with Gasteiger partial charge in [-0.1, -0.05) is 24.3 Å². The first-order valence-electron chi connectivity index (χ1n) is 12.0. The molecule has 2 aliphatic rings. The molecule has 8 nitrogen and oxygen atoms in total. The molecule has 1 fully saturated rings. The molecule has 1 unspecified atom stereocenters. The Morgan fingerprint density at radius 2 is 1.97 bits per heavy atom. The van der Waals surface area contributed by atoms with Crippen LogP contribution in [0.15, 0.2) is 61.2 Å². The van der Waals surface area contributed by atoms with Gasteiger partial charge in [-0.3, -0.25) is 9.78 Å². The molecule has 0 radical (unpaired) electrons. The SMILES string of the molecule is CC(CNC(=O)c1cnn(-c2ncc3c(n2)-c2ccccc2CC3)c1C1CC1)Oc1cccnc1. The largest absolute Gasteiger partial charge is 0.487 e. The second kappa shape index (κ2) is 8.94. The zero-order valence-electron chi connectivity index (χ0n) is 19.5. The van der Waals surface area contributed by atoms with Gasteiger partial charge in [-0.25, -0.2) is 14.6 Å². The van der Waals surface area contributed by atoms with E-state index in [1.807, 2.05) is 31.3 Å². The summed E-state index contributed by atoms with van der Waals surface area (Å²) in [5.74, 6) is 1.30. The minimum absolute atomic E-state index is 0.164. The Hall–Kier alpha value is -4.07. The summed E-state index contributed by atoms with van der Waals surface area (Å²) in [6, 6.07) is 12.0. The molecule has 1 aromatic carbocycles. The molecule has 1 amide bonds. The van der Waals surface area contributed by atoms with Crippen molar-refractivity contribution in [2.24, 2.45) is 0 Å². The number of amides is 1. The van der Waals surface area contributed by atoms with Crippen molar-refractivity contribution in [1.82, 2.24) is 30.0 Å². The van der Waals surface area contributed by atoms with Gasteiger partial charge in [0, 0.05) is 23.9 Å². The van der Waals surface area contributed by atoms with E-state index in [0.717, 1.165) is 48.2 Å². The van der Waals surface area contributed by atoms with Gasteiger partial charge in [0.2, 0.25) is 0 Å². The number of ether oxygens (including phenoxy) is 1. The molecule has 1 atom stereocenters. The lowest BCUT2D eigenvalue weighted by molar-refractivity contribution is 0.0931. The van der Waals surface area contributed by atoms with Crippen LogP contribution in [0.5, 0.6) is 5.75 Å². The van der Waals surface area contributed by atoms with E-state index in [-0.39, 0.29) is 17.9 Å². The van der Waals surface area contributed by atoms with Crippen molar-refractivity contribution in [3.8, 4) is 23.0 Å². The lowest BCUT2D eigenvalue weighted by Crippen LogP contribution is -2.34. The Labute approximate surface area is 203 Å². The number of carbonyl (C=O) groups excluding carboxylic acids is 1. The summed E-state index contributed by atoms with van der Waals surface area (Å²) >= 11 is 0. The number of hydrogen-bond donors (Lipinski definition) is 1. The first-order chi connectivity index (χ1) is 17.2. The number of benzene rings is 1. The summed E-state index contributed by atoms with van der Waals surface area (Å²) < 4.78 is 7.58. The van der Waals surface area contributed by atoms with Crippen molar-refractivity contribution in [2.45, 2.75) is 44.6 Å². The highest BCUT2D eigenvalue weighted by Gasteiger charge is 2.34. The maximum absolute atomic E-state index is 13.1. The molecular formula is C27H26N6O2. The van der Waals surface area contributed by atoms with Gasteiger partial charge in [0.05, 0.1) is 35.9 Å². The molecule has 1 saturated carbocycles. The summed E-state index contributed by atoms with van der Waals surface area (Å²) in [6.45, 7) is 2.28. The lowest BCUT2D eigenvalue weighted by atomic mass is 9.90. The normalized spacial score (nSPS) is 15.1. The Morgan fingerprint density at radius 3 is 2.80 bits per heavy atom. The van der Waals surface area contributed by atoms with Crippen molar-refractivity contribution < 1.29 is 9.53 Å². The molecule has 3 heterocycles. The van der Waals surface area contributed by atoms with Crippen LogP contribution in [0.25, 0.3) is 17.2 Å². The average Bonchev–Trinajstić information content (AvgIpc) is 3.65. The second-order valence-electron chi connectivity index (χ2n) is 9.16. The topological polar surface area (TPSA) is 94.8 Å². The molecule has 0 spiro atoms. The van der Waals surface area contributed by atoms with Crippen molar-refractivity contribution in [2.75, 3.05) is 6.54 Å². The van der Waals surface area contributed by atoms with Crippen LogP contribution in [0, 0.1) is 0 Å². The molecule has 1 N–H and O–H groups in total. The van der Waals surface area contributed by atoms with E-state index in [0.29, 0.717) is 23.8 Å². The Morgan fingerprint density at radius 1 is 1.11 bits per heavy atom. The van der Waals surface area contributed by atoms with Crippen molar-refractivity contribution in [3.63, 3.8) is 0 Å². The number of fused-ring (bicyclic) bond motifs is 3. The van der Waals surface area contributed by atoms with Crippen LogP contribution >= 0.6 is 0 Å². The molecule has 0 saturated heterocycles. The van der Waals surface area contributed by atoms with E-state index in [1.54, 1.807) is 23.3 Å².